The van der Waals surface area contributed by atoms with Gasteiger partial charge < -0.3 is 5.32 Å². The normalized spacial score (nSPS) is 22.9. The van der Waals surface area contributed by atoms with Crippen LogP contribution in [0.15, 0.2) is 30.1 Å². The van der Waals surface area contributed by atoms with Gasteiger partial charge in [-0.3, -0.25) is 9.78 Å². The van der Waals surface area contributed by atoms with Gasteiger partial charge in [0, 0.05) is 18.4 Å². The number of pyridine rings is 1. The molecule has 20 heavy (non-hydrogen) atoms. The first-order valence-electron chi connectivity index (χ1n) is 7.03. The van der Waals surface area contributed by atoms with Crippen LogP contribution in [0.3, 0.4) is 0 Å². The molecule has 2 atom stereocenters. The zero-order chi connectivity index (χ0) is 14.4. The van der Waals surface area contributed by atoms with E-state index in [-0.39, 0.29) is 17.5 Å². The fraction of sp³-hybridized carbons (Fsp3) is 0.438. The van der Waals surface area contributed by atoms with Crippen molar-refractivity contribution in [2.45, 2.75) is 38.6 Å². The maximum Gasteiger partial charge on any atom is 0.262 e. The quantitative estimate of drug-likeness (QED) is 0.677. The third kappa shape index (κ3) is 3.67. The molecule has 1 aromatic rings. The summed E-state index contributed by atoms with van der Waals surface area (Å²) in [4.78, 5) is 16.1. The van der Waals surface area contributed by atoms with E-state index in [4.69, 9.17) is 5.26 Å². The second-order valence-corrected chi connectivity index (χ2v) is 5.29. The Morgan fingerprint density at radius 1 is 1.40 bits per heavy atom. The molecule has 0 aromatic carbocycles. The average molecular weight is 269 g/mol. The van der Waals surface area contributed by atoms with E-state index in [1.165, 1.54) is 6.42 Å². The van der Waals surface area contributed by atoms with E-state index in [2.05, 4.69) is 17.2 Å². The van der Waals surface area contributed by atoms with Crippen LogP contribution in [0.1, 0.15) is 38.2 Å². The van der Waals surface area contributed by atoms with Crippen LogP contribution < -0.4 is 5.32 Å². The molecule has 1 aromatic heterocycles. The van der Waals surface area contributed by atoms with Crippen molar-refractivity contribution in [3.05, 3.63) is 35.7 Å². The van der Waals surface area contributed by atoms with Crippen LogP contribution in [0.25, 0.3) is 6.08 Å². The largest absolute Gasteiger partial charge is 0.348 e. The van der Waals surface area contributed by atoms with Crippen LogP contribution in [-0.2, 0) is 4.79 Å². The van der Waals surface area contributed by atoms with Crippen molar-refractivity contribution >= 4 is 12.0 Å². The molecule has 0 radical (unpaired) electrons. The summed E-state index contributed by atoms with van der Waals surface area (Å²) in [5.41, 5.74) is 0.956. The van der Waals surface area contributed by atoms with Gasteiger partial charge in [0.15, 0.2) is 0 Å². The lowest BCUT2D eigenvalue weighted by atomic mass is 9.86. The zero-order valence-electron chi connectivity index (χ0n) is 11.7. The van der Waals surface area contributed by atoms with E-state index >= 15 is 0 Å². The second-order valence-electron chi connectivity index (χ2n) is 5.29. The molecule has 4 heteroatoms. The summed E-state index contributed by atoms with van der Waals surface area (Å²) >= 11 is 0. The van der Waals surface area contributed by atoms with Crippen LogP contribution in [0.4, 0.5) is 0 Å². The number of nitrogens with zero attached hydrogens (tertiary/aromatic N) is 2. The maximum atomic E-state index is 12.2. The summed E-state index contributed by atoms with van der Waals surface area (Å²) in [7, 11) is 0. The lowest BCUT2D eigenvalue weighted by Crippen LogP contribution is -2.41. The van der Waals surface area contributed by atoms with E-state index in [1.807, 2.05) is 6.07 Å². The maximum absolute atomic E-state index is 12.2. The SMILES string of the molecule is CC1CCCCC1NC(=O)/C(C#N)=C\c1ccncc1. The van der Waals surface area contributed by atoms with Crippen molar-refractivity contribution in [2.75, 3.05) is 0 Å². The Morgan fingerprint density at radius 2 is 2.10 bits per heavy atom. The number of amides is 1. The molecule has 0 spiro atoms. The highest BCUT2D eigenvalue weighted by Crippen LogP contribution is 2.24. The Morgan fingerprint density at radius 3 is 2.75 bits per heavy atom. The molecule has 0 aliphatic heterocycles. The van der Waals surface area contributed by atoms with Crippen LogP contribution in [0.2, 0.25) is 0 Å². The van der Waals surface area contributed by atoms with Gasteiger partial charge >= 0.3 is 0 Å². The minimum absolute atomic E-state index is 0.147. The molecule has 1 aliphatic carbocycles. The number of nitrogens with one attached hydrogen (secondary N) is 1. The van der Waals surface area contributed by atoms with Crippen LogP contribution in [0, 0.1) is 17.2 Å². The van der Waals surface area contributed by atoms with E-state index in [1.54, 1.807) is 30.6 Å². The Labute approximate surface area is 119 Å². The summed E-state index contributed by atoms with van der Waals surface area (Å²) in [6.07, 6.45) is 9.40. The monoisotopic (exact) mass is 269 g/mol. The topological polar surface area (TPSA) is 65.8 Å². The fourth-order valence-electron chi connectivity index (χ4n) is 2.55. The molecular weight excluding hydrogens is 250 g/mol. The standard InChI is InChI=1S/C16H19N3O/c1-12-4-2-3-5-15(12)19-16(20)14(11-17)10-13-6-8-18-9-7-13/h6-10,12,15H,2-5H2,1H3,(H,19,20)/b14-10-. The number of hydrogen-bond donors (Lipinski definition) is 1. The highest BCUT2D eigenvalue weighted by molar-refractivity contribution is 6.01. The number of hydrogen-bond acceptors (Lipinski definition) is 3. The van der Waals surface area contributed by atoms with Gasteiger partial charge in [-0.1, -0.05) is 19.8 Å². The minimum Gasteiger partial charge on any atom is -0.348 e. The third-order valence-corrected chi connectivity index (χ3v) is 3.81. The summed E-state index contributed by atoms with van der Waals surface area (Å²) < 4.78 is 0. The highest BCUT2D eigenvalue weighted by Gasteiger charge is 2.23. The summed E-state index contributed by atoms with van der Waals surface area (Å²) in [6.45, 7) is 2.16. The Bertz CT molecular complexity index is 530. The van der Waals surface area contributed by atoms with Crippen molar-refractivity contribution in [3.8, 4) is 6.07 Å². The molecule has 1 saturated carbocycles. The third-order valence-electron chi connectivity index (χ3n) is 3.81. The number of rotatable bonds is 3. The van der Waals surface area contributed by atoms with Crippen molar-refractivity contribution in [1.29, 1.82) is 5.26 Å². The average Bonchev–Trinajstić information content (AvgIpc) is 2.48. The van der Waals surface area contributed by atoms with Gasteiger partial charge in [-0.2, -0.15) is 5.26 Å². The van der Waals surface area contributed by atoms with Gasteiger partial charge in [-0.05, 0) is 42.5 Å². The van der Waals surface area contributed by atoms with E-state index in [0.717, 1.165) is 24.8 Å². The highest BCUT2D eigenvalue weighted by atomic mass is 16.1. The molecule has 1 fully saturated rings. The molecule has 1 aliphatic rings. The lowest BCUT2D eigenvalue weighted by molar-refractivity contribution is -0.118. The Hall–Kier alpha value is -2.15. The molecule has 104 valence electrons. The first-order chi connectivity index (χ1) is 9.70. The van der Waals surface area contributed by atoms with Crippen molar-refractivity contribution in [3.63, 3.8) is 0 Å². The van der Waals surface area contributed by atoms with Crippen molar-refractivity contribution < 1.29 is 4.79 Å². The van der Waals surface area contributed by atoms with E-state index < -0.39 is 0 Å². The smallest absolute Gasteiger partial charge is 0.262 e. The summed E-state index contributed by atoms with van der Waals surface area (Å²) in [5.74, 6) is 0.205. The van der Waals surface area contributed by atoms with Gasteiger partial charge in [-0.15, -0.1) is 0 Å². The van der Waals surface area contributed by atoms with Crippen molar-refractivity contribution in [2.24, 2.45) is 5.92 Å². The van der Waals surface area contributed by atoms with Crippen LogP contribution in [-0.4, -0.2) is 16.9 Å². The first kappa shape index (κ1) is 14.3. The second kappa shape index (κ2) is 6.85. The number of carbonyl (C=O) groups is 1. The number of carbonyl (C=O) groups excluding carboxylic acids is 1. The molecule has 4 nitrogen and oxygen atoms in total. The lowest BCUT2D eigenvalue weighted by Gasteiger charge is -2.29. The van der Waals surface area contributed by atoms with Gasteiger partial charge in [0.25, 0.3) is 5.91 Å². The molecule has 2 unspecified atom stereocenters. The molecule has 2 rings (SSSR count). The van der Waals surface area contributed by atoms with E-state index in [0.29, 0.717) is 5.92 Å². The van der Waals surface area contributed by atoms with Gasteiger partial charge in [0.2, 0.25) is 0 Å². The number of nitriles is 1. The molecule has 0 saturated heterocycles. The molecule has 1 heterocycles. The van der Waals surface area contributed by atoms with Gasteiger partial charge in [0.05, 0.1) is 0 Å². The zero-order valence-corrected chi connectivity index (χ0v) is 11.7. The summed E-state index contributed by atoms with van der Waals surface area (Å²) in [5, 5.41) is 12.2. The Balaban J connectivity index is 2.06. The molecule has 1 N–H and O–H groups in total. The predicted molar refractivity (Wildman–Crippen MR) is 77.4 cm³/mol. The van der Waals surface area contributed by atoms with Crippen LogP contribution in [0.5, 0.6) is 0 Å². The summed E-state index contributed by atoms with van der Waals surface area (Å²) in [6, 6.07) is 5.71. The first-order valence-corrected chi connectivity index (χ1v) is 7.03. The molecular formula is C16H19N3O. The van der Waals surface area contributed by atoms with Gasteiger partial charge in [-0.25, -0.2) is 0 Å². The van der Waals surface area contributed by atoms with E-state index in [9.17, 15) is 4.79 Å². The van der Waals surface area contributed by atoms with Crippen molar-refractivity contribution in [1.82, 2.24) is 10.3 Å². The number of aromatic nitrogens is 1. The molecule has 0 bridgehead atoms. The molecule has 1 amide bonds. The Kier molecular flexibility index (Phi) is 4.89. The van der Waals surface area contributed by atoms with Crippen LogP contribution >= 0.6 is 0 Å². The fourth-order valence-corrected chi connectivity index (χ4v) is 2.55. The van der Waals surface area contributed by atoms with Gasteiger partial charge in [0.1, 0.15) is 11.6 Å². The minimum atomic E-state index is -0.275. The predicted octanol–water partition coefficient (Wildman–Crippen LogP) is 2.68.